The lowest BCUT2D eigenvalue weighted by Gasteiger charge is -2.19. The van der Waals surface area contributed by atoms with Gasteiger partial charge in [-0.05, 0) is 31.5 Å². The van der Waals surface area contributed by atoms with Crippen molar-refractivity contribution in [3.05, 3.63) is 29.6 Å². The molecule has 0 radical (unpaired) electrons. The van der Waals surface area contributed by atoms with Gasteiger partial charge < -0.3 is 14.4 Å². The number of ether oxygens (including phenoxy) is 1. The van der Waals surface area contributed by atoms with E-state index in [2.05, 4.69) is 30.3 Å². The number of carboxylic acid groups (broad SMARTS) is 1. The highest BCUT2D eigenvalue weighted by Crippen LogP contribution is 2.28. The summed E-state index contributed by atoms with van der Waals surface area (Å²) in [6.45, 7) is 6.97. The van der Waals surface area contributed by atoms with Crippen LogP contribution < -0.4 is 0 Å². The molecule has 114 valence electrons. The minimum absolute atomic E-state index is 0.205. The summed E-state index contributed by atoms with van der Waals surface area (Å²) in [5, 5.41) is 9.18. The van der Waals surface area contributed by atoms with Crippen LogP contribution in [0.5, 0.6) is 0 Å². The van der Waals surface area contributed by atoms with Crippen molar-refractivity contribution < 1.29 is 14.6 Å². The number of hydrogen-bond donors (Lipinski definition) is 1. The minimum atomic E-state index is -0.916. The second-order valence-electron chi connectivity index (χ2n) is 5.63. The first-order valence-corrected chi connectivity index (χ1v) is 7.19. The summed E-state index contributed by atoms with van der Waals surface area (Å²) in [6.07, 6.45) is 0.860. The van der Waals surface area contributed by atoms with Gasteiger partial charge in [-0.1, -0.05) is 13.8 Å². The maximum atomic E-state index is 11.2. The van der Waals surface area contributed by atoms with Gasteiger partial charge in [-0.25, -0.2) is 9.78 Å². The number of aromatic nitrogens is 2. The Labute approximate surface area is 124 Å². The summed E-state index contributed by atoms with van der Waals surface area (Å²) in [5.74, 6) is 0.340. The van der Waals surface area contributed by atoms with Gasteiger partial charge in [-0.3, -0.25) is 0 Å². The summed E-state index contributed by atoms with van der Waals surface area (Å²) in [5.41, 5.74) is 2.01. The van der Waals surface area contributed by atoms with E-state index in [9.17, 15) is 9.90 Å². The van der Waals surface area contributed by atoms with Gasteiger partial charge >= 0.3 is 5.97 Å². The first-order valence-electron chi connectivity index (χ1n) is 7.19. The Kier molecular flexibility index (Phi) is 4.63. The Morgan fingerprint density at radius 3 is 2.67 bits per heavy atom. The highest BCUT2D eigenvalue weighted by atomic mass is 16.5. The number of carboxylic acids is 1. The molecule has 2 rings (SSSR count). The fourth-order valence-corrected chi connectivity index (χ4v) is 2.53. The molecule has 2 aromatic rings. The number of imidazole rings is 1. The molecule has 0 aliphatic heterocycles. The average Bonchev–Trinajstić information content (AvgIpc) is 2.83. The van der Waals surface area contributed by atoms with Gasteiger partial charge in [0.05, 0.1) is 16.6 Å². The Bertz CT molecular complexity index is 646. The smallest absolute Gasteiger partial charge is 0.335 e. The average molecular weight is 290 g/mol. The predicted molar refractivity (Wildman–Crippen MR) is 82.0 cm³/mol. The van der Waals surface area contributed by atoms with E-state index < -0.39 is 5.97 Å². The standard InChI is InChI=1S/C16H22N2O3/c1-10(2)15-17-13-6-5-12(16(19)20)9-14(13)18(15)11(3)7-8-21-4/h5-6,9-11H,7-8H2,1-4H3,(H,19,20). The molecule has 1 aromatic carbocycles. The van der Waals surface area contributed by atoms with Crippen molar-refractivity contribution in [3.8, 4) is 0 Å². The SMILES string of the molecule is COCCC(C)n1c(C(C)C)nc2ccc(C(=O)O)cc21. The molecule has 21 heavy (non-hydrogen) atoms. The van der Waals surface area contributed by atoms with Crippen molar-refractivity contribution in [3.63, 3.8) is 0 Å². The van der Waals surface area contributed by atoms with Crippen molar-refractivity contribution >= 4 is 17.0 Å². The van der Waals surface area contributed by atoms with E-state index in [1.807, 2.05) is 0 Å². The lowest BCUT2D eigenvalue weighted by molar-refractivity contribution is 0.0697. The second kappa shape index (κ2) is 6.26. The summed E-state index contributed by atoms with van der Waals surface area (Å²) in [7, 11) is 1.69. The second-order valence-corrected chi connectivity index (χ2v) is 5.63. The van der Waals surface area contributed by atoms with Crippen molar-refractivity contribution in [2.45, 2.75) is 39.2 Å². The number of benzene rings is 1. The molecule has 5 heteroatoms. The summed E-state index contributed by atoms with van der Waals surface area (Å²) in [4.78, 5) is 15.9. The molecule has 0 amide bonds. The van der Waals surface area contributed by atoms with Crippen LogP contribution in [0.15, 0.2) is 18.2 Å². The highest BCUT2D eigenvalue weighted by molar-refractivity contribution is 5.92. The van der Waals surface area contributed by atoms with Crippen LogP contribution in [0.2, 0.25) is 0 Å². The third-order valence-corrected chi connectivity index (χ3v) is 3.66. The maximum Gasteiger partial charge on any atom is 0.335 e. The van der Waals surface area contributed by atoms with Gasteiger partial charge in [-0.15, -0.1) is 0 Å². The molecular formula is C16H22N2O3. The van der Waals surface area contributed by atoms with Gasteiger partial charge in [0.15, 0.2) is 0 Å². The molecule has 0 aliphatic carbocycles. The Morgan fingerprint density at radius 1 is 1.38 bits per heavy atom. The third kappa shape index (κ3) is 3.08. The number of carbonyl (C=O) groups is 1. The van der Waals surface area contributed by atoms with E-state index >= 15 is 0 Å². The van der Waals surface area contributed by atoms with Gasteiger partial charge in [0, 0.05) is 25.7 Å². The minimum Gasteiger partial charge on any atom is -0.478 e. The zero-order valence-corrected chi connectivity index (χ0v) is 13.0. The molecule has 0 aliphatic rings. The molecule has 0 bridgehead atoms. The highest BCUT2D eigenvalue weighted by Gasteiger charge is 2.19. The largest absolute Gasteiger partial charge is 0.478 e. The van der Waals surface area contributed by atoms with Crippen molar-refractivity contribution in [1.82, 2.24) is 9.55 Å². The summed E-state index contributed by atoms with van der Waals surface area (Å²) in [6, 6.07) is 5.30. The van der Waals surface area contributed by atoms with E-state index in [1.54, 1.807) is 25.3 Å². The van der Waals surface area contributed by atoms with Crippen LogP contribution in [0.1, 0.15) is 55.3 Å². The van der Waals surface area contributed by atoms with Crippen LogP contribution in [0, 0.1) is 0 Å². The third-order valence-electron chi connectivity index (χ3n) is 3.66. The van der Waals surface area contributed by atoms with E-state index in [0.29, 0.717) is 6.61 Å². The van der Waals surface area contributed by atoms with Gasteiger partial charge in [0.1, 0.15) is 5.82 Å². The summed E-state index contributed by atoms with van der Waals surface area (Å²) >= 11 is 0. The number of hydrogen-bond acceptors (Lipinski definition) is 3. The monoisotopic (exact) mass is 290 g/mol. The van der Waals surface area contributed by atoms with Crippen molar-refractivity contribution in [2.75, 3.05) is 13.7 Å². The summed E-state index contributed by atoms with van der Waals surface area (Å²) < 4.78 is 7.30. The molecular weight excluding hydrogens is 268 g/mol. The van der Waals surface area contributed by atoms with Crippen LogP contribution in [0.3, 0.4) is 0 Å². The molecule has 1 unspecified atom stereocenters. The van der Waals surface area contributed by atoms with Crippen LogP contribution in [-0.4, -0.2) is 34.3 Å². The molecule has 1 N–H and O–H groups in total. The number of nitrogens with zero attached hydrogens (tertiary/aromatic N) is 2. The molecule has 0 saturated carbocycles. The van der Waals surface area contributed by atoms with Crippen LogP contribution in [0.25, 0.3) is 11.0 Å². The van der Waals surface area contributed by atoms with Crippen LogP contribution in [-0.2, 0) is 4.74 Å². The Hall–Kier alpha value is -1.88. The Balaban J connectivity index is 2.58. The molecule has 0 spiro atoms. The van der Waals surface area contributed by atoms with Gasteiger partial charge in [0.2, 0.25) is 0 Å². The molecule has 5 nitrogen and oxygen atoms in total. The van der Waals surface area contributed by atoms with Gasteiger partial charge in [0.25, 0.3) is 0 Å². The fraction of sp³-hybridized carbons (Fsp3) is 0.500. The normalized spacial score (nSPS) is 13.0. The first-order chi connectivity index (χ1) is 9.95. The predicted octanol–water partition coefficient (Wildman–Crippen LogP) is 3.46. The number of aromatic carboxylic acids is 1. The molecule has 0 saturated heterocycles. The number of rotatable bonds is 6. The molecule has 1 heterocycles. The van der Waals surface area contributed by atoms with E-state index in [1.165, 1.54) is 0 Å². The lowest BCUT2D eigenvalue weighted by atomic mass is 10.1. The fourth-order valence-electron chi connectivity index (χ4n) is 2.53. The van der Waals surface area contributed by atoms with Gasteiger partial charge in [-0.2, -0.15) is 0 Å². The van der Waals surface area contributed by atoms with Crippen molar-refractivity contribution in [2.24, 2.45) is 0 Å². The van der Waals surface area contributed by atoms with E-state index in [-0.39, 0.29) is 17.5 Å². The van der Waals surface area contributed by atoms with Crippen LogP contribution >= 0.6 is 0 Å². The van der Waals surface area contributed by atoms with Crippen LogP contribution in [0.4, 0.5) is 0 Å². The lowest BCUT2D eigenvalue weighted by Crippen LogP contribution is -2.12. The molecule has 1 atom stereocenters. The molecule has 0 fully saturated rings. The topological polar surface area (TPSA) is 64.4 Å². The quantitative estimate of drug-likeness (QED) is 0.885. The maximum absolute atomic E-state index is 11.2. The van der Waals surface area contributed by atoms with Crippen molar-refractivity contribution in [1.29, 1.82) is 0 Å². The number of methoxy groups -OCH3 is 1. The zero-order valence-electron chi connectivity index (χ0n) is 13.0. The zero-order chi connectivity index (χ0) is 15.6. The first kappa shape index (κ1) is 15.5. The number of fused-ring (bicyclic) bond motifs is 1. The molecule has 1 aromatic heterocycles. The Morgan fingerprint density at radius 2 is 2.10 bits per heavy atom. The van der Waals surface area contributed by atoms with E-state index in [0.717, 1.165) is 23.3 Å². The van der Waals surface area contributed by atoms with E-state index in [4.69, 9.17) is 4.74 Å².